The Labute approximate surface area is 244 Å². The number of nitrogens with two attached hydrogens (primary N) is 1. The highest BCUT2D eigenvalue weighted by Crippen LogP contribution is 2.30. The Kier molecular flexibility index (Phi) is 7.88. The first-order valence-electron chi connectivity index (χ1n) is 13.7. The number of phenols is 1. The van der Waals surface area contributed by atoms with E-state index in [1.807, 2.05) is 41.1 Å². The number of nitrogens with zero attached hydrogens (tertiary/aromatic N) is 3. The second-order valence-electron chi connectivity index (χ2n) is 11.2. The number of nitrogens with one attached hydrogen (secondary N) is 1. The quantitative estimate of drug-likeness (QED) is 0.234. The minimum Gasteiger partial charge on any atom is -0.508 e. The number of carbonyl (C=O) groups is 2. The van der Waals surface area contributed by atoms with Gasteiger partial charge >= 0.3 is 0 Å². The second kappa shape index (κ2) is 11.7. The van der Waals surface area contributed by atoms with Gasteiger partial charge in [0, 0.05) is 35.5 Å². The van der Waals surface area contributed by atoms with Gasteiger partial charge in [0.05, 0.1) is 17.1 Å². The zero-order chi connectivity index (χ0) is 29.9. The molecule has 2 amide bonds. The summed E-state index contributed by atoms with van der Waals surface area (Å²) in [6.07, 6.45) is 3.68. The maximum absolute atomic E-state index is 13.3. The Balaban J connectivity index is 1.48. The third-order valence-corrected chi connectivity index (χ3v) is 7.09. The Morgan fingerprint density at radius 2 is 1.64 bits per heavy atom. The van der Waals surface area contributed by atoms with Crippen molar-refractivity contribution >= 4 is 11.8 Å². The van der Waals surface area contributed by atoms with E-state index < -0.39 is 17.9 Å². The van der Waals surface area contributed by atoms with Crippen LogP contribution in [0.3, 0.4) is 0 Å². The second-order valence-corrected chi connectivity index (χ2v) is 11.2. The lowest BCUT2D eigenvalue weighted by Crippen LogP contribution is -2.45. The van der Waals surface area contributed by atoms with Crippen LogP contribution in [0.2, 0.25) is 0 Å². The Morgan fingerprint density at radius 3 is 2.29 bits per heavy atom. The number of amides is 2. The number of primary amides is 1. The number of hydrogen-bond acceptors (Lipinski definition) is 5. The molecule has 0 fully saturated rings. The molecule has 8 heteroatoms. The number of hydrogen-bond donors (Lipinski definition) is 3. The Morgan fingerprint density at radius 1 is 0.929 bits per heavy atom. The lowest BCUT2D eigenvalue weighted by molar-refractivity contribution is -0.119. The molecular weight excluding hydrogens is 526 g/mol. The van der Waals surface area contributed by atoms with Crippen molar-refractivity contribution in [3.8, 4) is 34.0 Å². The highest BCUT2D eigenvalue weighted by atomic mass is 16.3. The van der Waals surface area contributed by atoms with Gasteiger partial charge in [0.2, 0.25) is 5.91 Å². The van der Waals surface area contributed by atoms with Crippen LogP contribution in [-0.2, 0) is 16.6 Å². The number of phenolic OH excluding ortho intramolecular Hbond substituents is 1. The molecule has 5 rings (SSSR count). The van der Waals surface area contributed by atoms with E-state index in [-0.39, 0.29) is 17.6 Å². The number of carbonyl (C=O) groups excluding carboxylic acids is 2. The molecule has 0 aliphatic heterocycles. The average molecular weight is 560 g/mol. The smallest absolute Gasteiger partial charge is 0.251 e. The summed E-state index contributed by atoms with van der Waals surface area (Å²) < 4.78 is 1.86. The van der Waals surface area contributed by atoms with E-state index in [4.69, 9.17) is 10.8 Å². The monoisotopic (exact) mass is 559 g/mol. The van der Waals surface area contributed by atoms with Gasteiger partial charge in [0.15, 0.2) is 0 Å². The third-order valence-electron chi connectivity index (χ3n) is 7.09. The molecule has 1 atom stereocenters. The first-order valence-corrected chi connectivity index (χ1v) is 13.7. The van der Waals surface area contributed by atoms with E-state index in [9.17, 15) is 14.7 Å². The summed E-state index contributed by atoms with van der Waals surface area (Å²) in [5.41, 5.74) is 12.1. The van der Waals surface area contributed by atoms with Gasteiger partial charge in [-0.1, -0.05) is 57.2 Å². The van der Waals surface area contributed by atoms with Gasteiger partial charge in [-0.05, 0) is 71.1 Å². The van der Waals surface area contributed by atoms with Crippen molar-refractivity contribution in [2.75, 3.05) is 0 Å². The van der Waals surface area contributed by atoms with Gasteiger partial charge in [-0.15, -0.1) is 0 Å². The fourth-order valence-electron chi connectivity index (χ4n) is 4.69. The zero-order valence-corrected chi connectivity index (χ0v) is 23.8. The highest BCUT2D eigenvalue weighted by Gasteiger charge is 2.21. The molecule has 0 spiro atoms. The molecule has 4 N–H and O–H groups in total. The topological polar surface area (TPSA) is 123 Å². The molecule has 0 aliphatic rings. The molecule has 2 heterocycles. The molecule has 8 nitrogen and oxygen atoms in total. The minimum absolute atomic E-state index is 0.0130. The predicted octanol–water partition coefficient (Wildman–Crippen LogP) is 5.43. The molecule has 0 aliphatic carbocycles. The van der Waals surface area contributed by atoms with Crippen LogP contribution in [0.15, 0.2) is 103 Å². The maximum atomic E-state index is 13.3. The third kappa shape index (κ3) is 6.39. The lowest BCUT2D eigenvalue weighted by atomic mass is 9.87. The van der Waals surface area contributed by atoms with Crippen LogP contribution in [0.1, 0.15) is 42.3 Å². The Hall–Kier alpha value is -5.24. The minimum atomic E-state index is -0.922. The van der Waals surface area contributed by atoms with Gasteiger partial charge in [-0.3, -0.25) is 14.6 Å². The Bertz CT molecular complexity index is 1700. The molecule has 0 saturated carbocycles. The SMILES string of the molecule is CC(C)(C)c1ccc(-n2nc(-c3cccnc3)cc2-c2cccc(C(=O)NC(Cc3ccc(O)cc3)C(N)=O)c2)cc1. The normalized spacial score (nSPS) is 12.1. The van der Waals surface area contributed by atoms with Crippen LogP contribution < -0.4 is 11.1 Å². The van der Waals surface area contributed by atoms with Crippen molar-refractivity contribution < 1.29 is 14.7 Å². The summed E-state index contributed by atoms with van der Waals surface area (Å²) in [5.74, 6) is -0.954. The predicted molar refractivity (Wildman–Crippen MR) is 163 cm³/mol. The van der Waals surface area contributed by atoms with Gasteiger partial charge in [0.25, 0.3) is 5.91 Å². The van der Waals surface area contributed by atoms with Crippen molar-refractivity contribution in [1.82, 2.24) is 20.1 Å². The van der Waals surface area contributed by atoms with Crippen LogP contribution in [0.4, 0.5) is 0 Å². The molecule has 1 unspecified atom stereocenters. The number of pyridine rings is 1. The first kappa shape index (κ1) is 28.3. The van der Waals surface area contributed by atoms with Gasteiger partial charge in [-0.2, -0.15) is 5.10 Å². The summed E-state index contributed by atoms with van der Waals surface area (Å²) in [7, 11) is 0. The molecule has 0 bridgehead atoms. The van der Waals surface area contributed by atoms with Crippen molar-refractivity contribution in [2.45, 2.75) is 38.6 Å². The van der Waals surface area contributed by atoms with Crippen LogP contribution in [-0.4, -0.2) is 37.7 Å². The zero-order valence-electron chi connectivity index (χ0n) is 23.8. The van der Waals surface area contributed by atoms with Crippen molar-refractivity contribution in [3.63, 3.8) is 0 Å². The first-order chi connectivity index (χ1) is 20.1. The molecule has 0 radical (unpaired) electrons. The fourth-order valence-corrected chi connectivity index (χ4v) is 4.69. The van der Waals surface area contributed by atoms with Gasteiger partial charge in [-0.25, -0.2) is 4.68 Å². The molecule has 3 aromatic carbocycles. The summed E-state index contributed by atoms with van der Waals surface area (Å²) >= 11 is 0. The standard InChI is InChI=1S/C34H33N5O3/c1-34(2,3)26-11-13-27(14-12-26)39-31(20-29(38-39)25-8-5-17-36-21-25)23-6-4-7-24(19-23)33(42)37-30(32(35)41)18-22-9-15-28(40)16-10-22/h4-17,19-21,30,40H,18H2,1-3H3,(H2,35,41)(H,37,42). The highest BCUT2D eigenvalue weighted by molar-refractivity contribution is 5.98. The number of aromatic hydroxyl groups is 1. The van der Waals surface area contributed by atoms with Gasteiger partial charge < -0.3 is 16.2 Å². The van der Waals surface area contributed by atoms with Crippen LogP contribution >= 0.6 is 0 Å². The van der Waals surface area contributed by atoms with Crippen molar-refractivity contribution in [3.05, 3.63) is 120 Å². The lowest BCUT2D eigenvalue weighted by Gasteiger charge is -2.19. The number of rotatable bonds is 8. The maximum Gasteiger partial charge on any atom is 0.251 e. The van der Waals surface area contributed by atoms with E-state index in [2.05, 4.69) is 43.2 Å². The largest absolute Gasteiger partial charge is 0.508 e. The van der Waals surface area contributed by atoms with E-state index >= 15 is 0 Å². The van der Waals surface area contributed by atoms with Gasteiger partial charge in [0.1, 0.15) is 11.8 Å². The summed E-state index contributed by atoms with van der Waals surface area (Å²) in [5, 5.41) is 17.2. The van der Waals surface area contributed by atoms with E-state index in [1.54, 1.807) is 42.7 Å². The summed E-state index contributed by atoms with van der Waals surface area (Å²) in [6, 6.07) is 26.8. The van der Waals surface area contributed by atoms with Crippen LogP contribution in [0.5, 0.6) is 5.75 Å². The number of aromatic nitrogens is 3. The molecule has 42 heavy (non-hydrogen) atoms. The molecule has 2 aromatic heterocycles. The van der Waals surface area contributed by atoms with Crippen LogP contribution in [0.25, 0.3) is 28.2 Å². The van der Waals surface area contributed by atoms with E-state index in [0.717, 1.165) is 33.8 Å². The van der Waals surface area contributed by atoms with Crippen molar-refractivity contribution in [1.29, 1.82) is 0 Å². The molecule has 0 saturated heterocycles. The van der Waals surface area contributed by atoms with E-state index in [1.165, 1.54) is 17.7 Å². The fraction of sp³-hybridized carbons (Fsp3) is 0.176. The van der Waals surface area contributed by atoms with Crippen molar-refractivity contribution in [2.24, 2.45) is 5.73 Å². The van der Waals surface area contributed by atoms with E-state index in [0.29, 0.717) is 5.56 Å². The summed E-state index contributed by atoms with van der Waals surface area (Å²) in [4.78, 5) is 29.7. The molecule has 5 aromatic rings. The van der Waals surface area contributed by atoms with Crippen LogP contribution in [0, 0.1) is 0 Å². The average Bonchev–Trinajstić information content (AvgIpc) is 3.44. The summed E-state index contributed by atoms with van der Waals surface area (Å²) in [6.45, 7) is 6.52. The molecule has 212 valence electrons. The number of benzene rings is 3. The molecular formula is C34H33N5O3.